The number of aryl methyl sites for hydroxylation is 1. The first kappa shape index (κ1) is 20.4. The van der Waals surface area contributed by atoms with Crippen LogP contribution in [0.2, 0.25) is 0 Å². The van der Waals surface area contributed by atoms with Crippen LogP contribution in [0.3, 0.4) is 0 Å². The molecule has 0 saturated carbocycles. The van der Waals surface area contributed by atoms with Crippen LogP contribution < -0.4 is 0 Å². The summed E-state index contributed by atoms with van der Waals surface area (Å²) in [4.78, 5) is 1.92. The normalized spacial score (nSPS) is 14.1. The Bertz CT molecular complexity index is 548. The molecule has 0 N–H and O–H groups in total. The van der Waals surface area contributed by atoms with E-state index in [0.29, 0.717) is 13.3 Å². The minimum Gasteiger partial charge on any atom is -0.249 e. The Kier molecular flexibility index (Phi) is 10.9. The molecule has 0 fully saturated rings. The van der Waals surface area contributed by atoms with Gasteiger partial charge in [0, 0.05) is 11.2 Å². The van der Waals surface area contributed by atoms with Crippen molar-refractivity contribution in [1.29, 1.82) is 0 Å². The van der Waals surface area contributed by atoms with Crippen molar-refractivity contribution in [2.75, 3.05) is 0 Å². The van der Waals surface area contributed by atoms with Gasteiger partial charge in [-0.1, -0.05) is 82.5 Å². The molecule has 1 unspecified atom stereocenters. The van der Waals surface area contributed by atoms with Gasteiger partial charge < -0.3 is 0 Å². The number of hydrogen-bond acceptors (Lipinski definition) is 1. The van der Waals surface area contributed by atoms with E-state index in [1.165, 1.54) is 49.7 Å². The van der Waals surface area contributed by atoms with Gasteiger partial charge in [0.15, 0.2) is 0 Å². The van der Waals surface area contributed by atoms with Gasteiger partial charge in [0.1, 0.15) is 0 Å². The van der Waals surface area contributed by atoms with Crippen molar-refractivity contribution in [2.45, 2.75) is 103 Å². The zero-order valence-electron chi connectivity index (χ0n) is 17.6. The van der Waals surface area contributed by atoms with E-state index in [1.54, 1.807) is 0 Å². The Morgan fingerprint density at radius 1 is 0.920 bits per heavy atom. The van der Waals surface area contributed by atoms with E-state index in [-0.39, 0.29) is 0 Å². The second-order valence-corrected chi connectivity index (χ2v) is 8.48. The van der Waals surface area contributed by atoms with Gasteiger partial charge in [0.2, 0.25) is 0 Å². The number of rotatable bonds is 13. The standard InChI is InChI=1S/C23H38OS/c1-5-8-10-11-12-13-15-21(14-9-6-2)23(7-3)25(24)22-18-16-20(4)17-19-22/h16-19H,5-15H2,1-4H3/b23-21+/i3D. The summed E-state index contributed by atoms with van der Waals surface area (Å²) < 4.78 is 20.9. The first-order valence-electron chi connectivity index (χ1n) is 10.8. The Morgan fingerprint density at radius 2 is 1.52 bits per heavy atom. The predicted molar refractivity (Wildman–Crippen MR) is 112 cm³/mol. The molecule has 0 aliphatic rings. The van der Waals surface area contributed by atoms with Crippen LogP contribution in [-0.2, 0) is 10.8 Å². The molecule has 1 aromatic rings. The van der Waals surface area contributed by atoms with Gasteiger partial charge in [0.25, 0.3) is 0 Å². The van der Waals surface area contributed by atoms with Gasteiger partial charge >= 0.3 is 0 Å². The summed E-state index contributed by atoms with van der Waals surface area (Å²) in [6.45, 7) is 6.83. The highest BCUT2D eigenvalue weighted by molar-refractivity contribution is 7.89. The van der Waals surface area contributed by atoms with Gasteiger partial charge in [-0.2, -0.15) is 0 Å². The molecule has 0 bridgehead atoms. The largest absolute Gasteiger partial charge is 0.249 e. The van der Waals surface area contributed by atoms with Crippen molar-refractivity contribution in [3.63, 3.8) is 0 Å². The fraction of sp³-hybridized carbons (Fsp3) is 0.652. The molecule has 0 aliphatic carbocycles. The van der Waals surface area contributed by atoms with Crippen LogP contribution in [0.5, 0.6) is 0 Å². The molecule has 142 valence electrons. The average molecular weight is 364 g/mol. The molecule has 0 radical (unpaired) electrons. The minimum absolute atomic E-state index is 0.319. The second kappa shape index (κ2) is 13.3. The molecule has 1 nitrogen and oxygen atoms in total. The molecule has 0 spiro atoms. The molecule has 1 rings (SSSR count). The van der Waals surface area contributed by atoms with Crippen LogP contribution in [0, 0.1) is 6.92 Å². The Labute approximate surface area is 160 Å². The van der Waals surface area contributed by atoms with Crippen molar-refractivity contribution in [2.24, 2.45) is 0 Å². The van der Waals surface area contributed by atoms with Crippen LogP contribution in [0.25, 0.3) is 0 Å². The molecular weight excluding hydrogens is 324 g/mol. The van der Waals surface area contributed by atoms with Crippen molar-refractivity contribution in [3.05, 3.63) is 40.3 Å². The van der Waals surface area contributed by atoms with E-state index in [1.807, 2.05) is 24.3 Å². The lowest BCUT2D eigenvalue weighted by Crippen LogP contribution is -2.01. The Hall–Kier alpha value is -0.890. The molecule has 0 aromatic heterocycles. The van der Waals surface area contributed by atoms with Gasteiger partial charge in [-0.15, -0.1) is 0 Å². The third-order valence-electron chi connectivity index (χ3n) is 4.74. The molecule has 25 heavy (non-hydrogen) atoms. The van der Waals surface area contributed by atoms with E-state index in [0.717, 1.165) is 35.5 Å². The number of allylic oxidation sites excluding steroid dienone is 2. The Balaban J connectivity index is 2.88. The van der Waals surface area contributed by atoms with Gasteiger partial charge in [-0.25, -0.2) is 4.21 Å². The van der Waals surface area contributed by atoms with Crippen LogP contribution in [0.15, 0.2) is 39.6 Å². The lowest BCUT2D eigenvalue weighted by Gasteiger charge is -2.15. The summed E-state index contributed by atoms with van der Waals surface area (Å²) >= 11 is 0. The van der Waals surface area contributed by atoms with Gasteiger partial charge in [-0.05, 0) is 51.2 Å². The van der Waals surface area contributed by atoms with Crippen molar-refractivity contribution in [3.8, 4) is 0 Å². The predicted octanol–water partition coefficient (Wildman–Crippen LogP) is 7.71. The van der Waals surface area contributed by atoms with Crippen molar-refractivity contribution in [1.82, 2.24) is 0 Å². The molecular formula is C23H38OS. The van der Waals surface area contributed by atoms with Gasteiger partial charge in [0.05, 0.1) is 10.8 Å². The maximum Gasteiger partial charge on any atom is 0.0807 e. The molecule has 1 atom stereocenters. The van der Waals surface area contributed by atoms with E-state index in [4.69, 9.17) is 1.37 Å². The van der Waals surface area contributed by atoms with Crippen LogP contribution in [-0.4, -0.2) is 4.21 Å². The summed E-state index contributed by atoms with van der Waals surface area (Å²) in [6, 6.07) is 8.03. The summed E-state index contributed by atoms with van der Waals surface area (Å²) in [5, 5.41) is 0. The zero-order valence-corrected chi connectivity index (χ0v) is 17.4. The quantitative estimate of drug-likeness (QED) is 0.328. The highest BCUT2D eigenvalue weighted by Gasteiger charge is 2.14. The molecule has 0 saturated heterocycles. The highest BCUT2D eigenvalue weighted by Crippen LogP contribution is 2.27. The number of unbranched alkanes of at least 4 members (excludes halogenated alkanes) is 6. The average Bonchev–Trinajstić information content (AvgIpc) is 2.65. The zero-order chi connectivity index (χ0) is 19.2. The SMILES string of the molecule is [2H]CC/C(=C(/CCCC)CCCCCCCC)S(=O)c1ccc(C)cc1. The van der Waals surface area contributed by atoms with Crippen LogP contribution >= 0.6 is 0 Å². The summed E-state index contributed by atoms with van der Waals surface area (Å²) in [5.41, 5.74) is 2.56. The monoisotopic (exact) mass is 363 g/mol. The van der Waals surface area contributed by atoms with Gasteiger partial charge in [-0.3, -0.25) is 0 Å². The van der Waals surface area contributed by atoms with Crippen molar-refractivity contribution >= 4 is 10.8 Å². The summed E-state index contributed by atoms with van der Waals surface area (Å²) in [7, 11) is -1.11. The fourth-order valence-electron chi connectivity index (χ4n) is 3.12. The molecule has 2 heteroatoms. The van der Waals surface area contributed by atoms with Crippen LogP contribution in [0.1, 0.15) is 98.3 Å². The number of benzene rings is 1. The first-order chi connectivity index (χ1) is 12.6. The first-order valence-corrected chi connectivity index (χ1v) is 11.3. The van der Waals surface area contributed by atoms with E-state index in [2.05, 4.69) is 20.8 Å². The highest BCUT2D eigenvalue weighted by atomic mass is 32.2. The Morgan fingerprint density at radius 3 is 2.16 bits per heavy atom. The maximum absolute atomic E-state index is 13.2. The topological polar surface area (TPSA) is 17.1 Å². The minimum atomic E-state index is -1.11. The van der Waals surface area contributed by atoms with Crippen molar-refractivity contribution < 1.29 is 5.58 Å². The molecule has 0 heterocycles. The fourth-order valence-corrected chi connectivity index (χ4v) is 4.44. The smallest absolute Gasteiger partial charge is 0.0807 e. The maximum atomic E-state index is 13.2. The number of hydrogen-bond donors (Lipinski definition) is 0. The lowest BCUT2D eigenvalue weighted by atomic mass is 10.00. The van der Waals surface area contributed by atoms with E-state index < -0.39 is 10.8 Å². The van der Waals surface area contributed by atoms with E-state index >= 15 is 0 Å². The molecule has 0 aliphatic heterocycles. The third kappa shape index (κ3) is 8.35. The summed E-state index contributed by atoms with van der Waals surface area (Å²) in [5.74, 6) is 0. The van der Waals surface area contributed by atoms with E-state index in [9.17, 15) is 4.21 Å². The third-order valence-corrected chi connectivity index (χ3v) is 6.39. The lowest BCUT2D eigenvalue weighted by molar-refractivity contribution is 0.597. The molecule has 1 aromatic carbocycles. The van der Waals surface area contributed by atoms with Crippen LogP contribution in [0.4, 0.5) is 0 Å². The summed E-state index contributed by atoms with van der Waals surface area (Å²) in [6.07, 6.45) is 12.8. The molecule has 0 amide bonds. The second-order valence-electron chi connectivity index (χ2n) is 6.98.